The topological polar surface area (TPSA) is 128 Å². The zero-order valence-electron chi connectivity index (χ0n) is 18.7. The van der Waals surface area contributed by atoms with Crippen LogP contribution in [-0.2, 0) is 20.9 Å². The molecule has 10 nitrogen and oxygen atoms in total. The van der Waals surface area contributed by atoms with Crippen LogP contribution in [0.15, 0.2) is 48.5 Å². The molecule has 33 heavy (non-hydrogen) atoms. The van der Waals surface area contributed by atoms with E-state index in [4.69, 9.17) is 4.74 Å². The summed E-state index contributed by atoms with van der Waals surface area (Å²) in [7, 11) is 0. The number of para-hydroxylation sites is 1. The Morgan fingerprint density at radius 2 is 1.79 bits per heavy atom. The summed E-state index contributed by atoms with van der Waals surface area (Å²) in [4.78, 5) is 37.8. The second kappa shape index (κ2) is 11.0. The fourth-order valence-electron chi connectivity index (χ4n) is 2.80. The van der Waals surface area contributed by atoms with Crippen molar-refractivity contribution in [1.82, 2.24) is 25.5 Å². The van der Waals surface area contributed by atoms with E-state index >= 15 is 0 Å². The highest BCUT2D eigenvalue weighted by molar-refractivity contribution is 6.04. The summed E-state index contributed by atoms with van der Waals surface area (Å²) in [5, 5.41) is 17.3. The Hall–Kier alpha value is -4.08. The molecule has 0 radical (unpaired) electrons. The van der Waals surface area contributed by atoms with Crippen LogP contribution < -0.4 is 10.6 Å². The van der Waals surface area contributed by atoms with Crippen LogP contribution in [-0.4, -0.2) is 51.1 Å². The Morgan fingerprint density at radius 3 is 2.52 bits per heavy atom. The van der Waals surface area contributed by atoms with Crippen molar-refractivity contribution in [2.45, 2.75) is 27.3 Å². The van der Waals surface area contributed by atoms with E-state index in [0.29, 0.717) is 29.5 Å². The van der Waals surface area contributed by atoms with Gasteiger partial charge in [-0.15, -0.1) is 10.2 Å². The highest BCUT2D eigenvalue weighted by atomic mass is 16.5. The first kappa shape index (κ1) is 23.6. The molecule has 0 spiro atoms. The molecule has 172 valence electrons. The minimum atomic E-state index is -0.694. The minimum Gasteiger partial charge on any atom is -0.454 e. The molecule has 1 heterocycles. The van der Waals surface area contributed by atoms with Crippen molar-refractivity contribution >= 4 is 23.5 Å². The van der Waals surface area contributed by atoms with E-state index in [9.17, 15) is 14.4 Å². The van der Waals surface area contributed by atoms with Crippen molar-refractivity contribution in [3.05, 3.63) is 59.7 Å². The maximum atomic E-state index is 12.4. The molecule has 0 bridgehead atoms. The lowest BCUT2D eigenvalue weighted by Gasteiger charge is -2.12. The second-order valence-electron chi connectivity index (χ2n) is 7.87. The molecule has 10 heteroatoms. The van der Waals surface area contributed by atoms with Crippen LogP contribution in [0.5, 0.6) is 0 Å². The highest BCUT2D eigenvalue weighted by Crippen LogP contribution is 2.15. The molecule has 1 aromatic heterocycles. The summed E-state index contributed by atoms with van der Waals surface area (Å²) in [6.07, 6.45) is 0. The van der Waals surface area contributed by atoms with Gasteiger partial charge in [-0.3, -0.25) is 9.59 Å². The van der Waals surface area contributed by atoms with E-state index in [1.807, 2.05) is 45.0 Å². The third-order valence-electron chi connectivity index (χ3n) is 4.51. The molecule has 2 amide bonds. The first-order valence-electron chi connectivity index (χ1n) is 10.5. The van der Waals surface area contributed by atoms with Gasteiger partial charge in [-0.1, -0.05) is 55.8 Å². The zero-order chi connectivity index (χ0) is 23.8. The molecule has 0 atom stereocenters. The third kappa shape index (κ3) is 6.96. The molecule has 2 N–H and O–H groups in total. The maximum Gasteiger partial charge on any atom is 0.330 e. The molecule has 0 unspecified atom stereocenters. The SMILES string of the molecule is Cc1ccc(-c2nnn(CC(=O)OCC(=O)Nc3ccccc3C(=O)NCC(C)C)n2)cc1. The number of carbonyl (C=O) groups is 3. The van der Waals surface area contributed by atoms with Crippen molar-refractivity contribution in [2.24, 2.45) is 5.92 Å². The largest absolute Gasteiger partial charge is 0.454 e. The second-order valence-corrected chi connectivity index (χ2v) is 7.87. The third-order valence-corrected chi connectivity index (χ3v) is 4.51. The number of aromatic nitrogens is 4. The van der Waals surface area contributed by atoms with Crippen molar-refractivity contribution < 1.29 is 19.1 Å². The van der Waals surface area contributed by atoms with Gasteiger partial charge in [0, 0.05) is 12.1 Å². The number of benzene rings is 2. The number of esters is 1. The van der Waals surface area contributed by atoms with E-state index in [1.165, 1.54) is 0 Å². The van der Waals surface area contributed by atoms with Gasteiger partial charge in [-0.05, 0) is 30.2 Å². The molecule has 0 saturated carbocycles. The van der Waals surface area contributed by atoms with Crippen molar-refractivity contribution in [1.29, 1.82) is 0 Å². The van der Waals surface area contributed by atoms with E-state index in [1.54, 1.807) is 24.3 Å². The van der Waals surface area contributed by atoms with Crippen LogP contribution in [0.25, 0.3) is 11.4 Å². The van der Waals surface area contributed by atoms with Crippen molar-refractivity contribution in [2.75, 3.05) is 18.5 Å². The average Bonchev–Trinajstić information content (AvgIpc) is 3.25. The zero-order valence-corrected chi connectivity index (χ0v) is 18.7. The Labute approximate surface area is 191 Å². The minimum absolute atomic E-state index is 0.291. The fourth-order valence-corrected chi connectivity index (χ4v) is 2.80. The molecule has 2 aromatic carbocycles. The number of carbonyl (C=O) groups excluding carboxylic acids is 3. The van der Waals surface area contributed by atoms with Crippen LogP contribution in [0.4, 0.5) is 5.69 Å². The molecule has 0 fully saturated rings. The fraction of sp³-hybridized carbons (Fsp3) is 0.304. The molecule has 0 aliphatic rings. The number of anilines is 1. The number of tetrazole rings is 1. The number of nitrogens with zero attached hydrogens (tertiary/aromatic N) is 4. The maximum absolute atomic E-state index is 12.4. The summed E-state index contributed by atoms with van der Waals surface area (Å²) >= 11 is 0. The van der Waals surface area contributed by atoms with Crippen molar-refractivity contribution in [3.8, 4) is 11.4 Å². The normalized spacial score (nSPS) is 10.7. The van der Waals surface area contributed by atoms with Crippen LogP contribution >= 0.6 is 0 Å². The van der Waals surface area contributed by atoms with Gasteiger partial charge in [-0.25, -0.2) is 4.79 Å². The molecule has 0 saturated heterocycles. The molecule has 0 aliphatic heterocycles. The lowest BCUT2D eigenvalue weighted by atomic mass is 10.1. The molecule has 3 rings (SSSR count). The number of amides is 2. The van der Waals surface area contributed by atoms with E-state index < -0.39 is 18.5 Å². The predicted molar refractivity (Wildman–Crippen MR) is 121 cm³/mol. The Morgan fingerprint density at radius 1 is 1.06 bits per heavy atom. The lowest BCUT2D eigenvalue weighted by Crippen LogP contribution is -2.29. The van der Waals surface area contributed by atoms with E-state index in [0.717, 1.165) is 15.9 Å². The molecular formula is C23H26N6O4. The van der Waals surface area contributed by atoms with Crippen LogP contribution in [0.3, 0.4) is 0 Å². The van der Waals surface area contributed by atoms with E-state index in [-0.39, 0.29) is 12.5 Å². The quantitative estimate of drug-likeness (QED) is 0.478. The molecular weight excluding hydrogens is 424 g/mol. The Kier molecular flexibility index (Phi) is 7.85. The number of aryl methyl sites for hydroxylation is 1. The van der Waals surface area contributed by atoms with Crippen LogP contribution in [0.2, 0.25) is 0 Å². The number of hydrogen-bond donors (Lipinski definition) is 2. The number of rotatable bonds is 9. The standard InChI is InChI=1S/C23H26N6O4/c1-15(2)12-24-23(32)18-6-4-5-7-19(18)25-20(30)14-33-21(31)13-29-27-22(26-28-29)17-10-8-16(3)9-11-17/h4-11,15H,12-14H2,1-3H3,(H,24,32)(H,25,30). The lowest BCUT2D eigenvalue weighted by molar-refractivity contribution is -0.148. The van der Waals surface area contributed by atoms with Gasteiger partial charge in [0.05, 0.1) is 11.3 Å². The van der Waals surface area contributed by atoms with Gasteiger partial charge < -0.3 is 15.4 Å². The van der Waals surface area contributed by atoms with Crippen LogP contribution in [0, 0.1) is 12.8 Å². The summed E-state index contributed by atoms with van der Waals surface area (Å²) in [6.45, 7) is 5.66. The molecule has 3 aromatic rings. The predicted octanol–water partition coefficient (Wildman–Crippen LogP) is 2.22. The van der Waals surface area contributed by atoms with Gasteiger partial charge in [0.2, 0.25) is 5.82 Å². The van der Waals surface area contributed by atoms with Gasteiger partial charge in [0.1, 0.15) is 0 Å². The highest BCUT2D eigenvalue weighted by Gasteiger charge is 2.15. The summed E-state index contributed by atoms with van der Waals surface area (Å²) in [5.74, 6) is -0.881. The van der Waals surface area contributed by atoms with E-state index in [2.05, 4.69) is 26.0 Å². The first-order valence-corrected chi connectivity index (χ1v) is 10.5. The number of nitrogens with one attached hydrogen (secondary N) is 2. The van der Waals surface area contributed by atoms with Crippen molar-refractivity contribution in [3.63, 3.8) is 0 Å². The summed E-state index contributed by atoms with van der Waals surface area (Å²) < 4.78 is 5.01. The van der Waals surface area contributed by atoms with Gasteiger partial charge in [0.25, 0.3) is 11.8 Å². The summed E-state index contributed by atoms with van der Waals surface area (Å²) in [6, 6.07) is 14.2. The monoisotopic (exact) mass is 450 g/mol. The Bertz CT molecular complexity index is 1120. The first-order chi connectivity index (χ1) is 15.8. The number of hydrogen-bond acceptors (Lipinski definition) is 7. The summed E-state index contributed by atoms with van der Waals surface area (Å²) in [5.41, 5.74) is 2.54. The molecule has 0 aliphatic carbocycles. The van der Waals surface area contributed by atoms with Gasteiger partial charge >= 0.3 is 5.97 Å². The smallest absolute Gasteiger partial charge is 0.330 e. The Balaban J connectivity index is 1.51. The van der Waals surface area contributed by atoms with Gasteiger partial charge in [0.15, 0.2) is 13.2 Å². The average molecular weight is 450 g/mol. The number of ether oxygens (including phenoxy) is 1. The van der Waals surface area contributed by atoms with Gasteiger partial charge in [-0.2, -0.15) is 4.80 Å². The van der Waals surface area contributed by atoms with Crippen LogP contribution in [0.1, 0.15) is 29.8 Å².